The third-order valence-corrected chi connectivity index (χ3v) is 2.91. The van der Waals surface area contributed by atoms with Crippen molar-refractivity contribution in [3.63, 3.8) is 0 Å². The first kappa shape index (κ1) is 10.1. The summed E-state index contributed by atoms with van der Waals surface area (Å²) in [7, 11) is 0. The number of allylic oxidation sites excluding steroid dienone is 2. The van der Waals surface area contributed by atoms with Crippen LogP contribution in [-0.2, 0) is 4.79 Å². The van der Waals surface area contributed by atoms with E-state index in [1.54, 1.807) is 0 Å². The van der Waals surface area contributed by atoms with Gasteiger partial charge < -0.3 is 5.32 Å². The molecule has 1 amide bonds. The molecule has 0 unspecified atom stereocenters. The van der Waals surface area contributed by atoms with E-state index in [1.165, 1.54) is 11.8 Å². The first-order chi connectivity index (χ1) is 7.34. The molecule has 0 spiro atoms. The highest BCUT2D eigenvalue weighted by Gasteiger charge is 2.13. The quantitative estimate of drug-likeness (QED) is 0.824. The lowest BCUT2D eigenvalue weighted by molar-refractivity contribution is -0.117. The Morgan fingerprint density at radius 2 is 2.07 bits per heavy atom. The molecule has 1 saturated heterocycles. The van der Waals surface area contributed by atoms with Crippen LogP contribution in [-0.4, -0.2) is 11.7 Å². The number of hydrogen-bond acceptors (Lipinski definition) is 2. The van der Waals surface area contributed by atoms with Crippen LogP contribution in [0.4, 0.5) is 0 Å². The van der Waals surface area contributed by atoms with Crippen molar-refractivity contribution in [3.8, 4) is 0 Å². The fraction of sp³-hybridized carbons (Fsp3) is 0.0833. The van der Waals surface area contributed by atoms with E-state index in [0.29, 0.717) is 5.75 Å². The Kier molecular flexibility index (Phi) is 3.25. The number of benzene rings is 1. The fourth-order valence-electron chi connectivity index (χ4n) is 1.25. The van der Waals surface area contributed by atoms with E-state index >= 15 is 0 Å². The summed E-state index contributed by atoms with van der Waals surface area (Å²) in [6.45, 7) is 0. The van der Waals surface area contributed by atoms with Gasteiger partial charge in [0.25, 0.3) is 0 Å². The number of rotatable bonds is 2. The van der Waals surface area contributed by atoms with Crippen molar-refractivity contribution < 1.29 is 4.79 Å². The molecule has 0 aromatic heterocycles. The van der Waals surface area contributed by atoms with Gasteiger partial charge in [-0.2, -0.15) is 0 Å². The number of carbonyl (C=O) groups excluding carboxylic acids is 1. The molecule has 1 heterocycles. The topological polar surface area (TPSA) is 29.1 Å². The number of amides is 1. The van der Waals surface area contributed by atoms with Gasteiger partial charge in [-0.05, 0) is 11.6 Å². The van der Waals surface area contributed by atoms with E-state index in [-0.39, 0.29) is 5.91 Å². The molecule has 0 aliphatic carbocycles. The fourth-order valence-corrected chi connectivity index (χ4v) is 1.97. The molecule has 1 fully saturated rings. The number of hydrogen-bond donors (Lipinski definition) is 1. The minimum atomic E-state index is 0.0827. The average Bonchev–Trinajstić information content (AvgIpc) is 2.66. The van der Waals surface area contributed by atoms with Crippen molar-refractivity contribution in [2.75, 3.05) is 5.75 Å². The molecule has 0 saturated carbocycles. The molecular weight excluding hydrogens is 206 g/mol. The molecule has 2 rings (SSSR count). The molecular formula is C12H11NOS. The lowest BCUT2D eigenvalue weighted by Crippen LogP contribution is -2.13. The van der Waals surface area contributed by atoms with E-state index in [4.69, 9.17) is 0 Å². The predicted molar refractivity (Wildman–Crippen MR) is 64.2 cm³/mol. The van der Waals surface area contributed by atoms with Crippen LogP contribution in [0.5, 0.6) is 0 Å². The Bertz CT molecular complexity index is 409. The highest BCUT2D eigenvalue weighted by molar-refractivity contribution is 8.04. The average molecular weight is 217 g/mol. The molecule has 0 radical (unpaired) electrons. The lowest BCUT2D eigenvalue weighted by Gasteiger charge is -1.92. The van der Waals surface area contributed by atoms with Gasteiger partial charge in [-0.25, -0.2) is 0 Å². The maximum absolute atomic E-state index is 10.9. The highest BCUT2D eigenvalue weighted by atomic mass is 32.2. The second-order valence-electron chi connectivity index (χ2n) is 3.14. The van der Waals surface area contributed by atoms with Crippen LogP contribution >= 0.6 is 11.8 Å². The van der Waals surface area contributed by atoms with Gasteiger partial charge in [0.1, 0.15) is 0 Å². The first-order valence-corrected chi connectivity index (χ1v) is 5.69. The SMILES string of the molecule is O=C1CSC(=CC=Cc2ccccc2)N1. The van der Waals surface area contributed by atoms with Crippen molar-refractivity contribution >= 4 is 23.7 Å². The van der Waals surface area contributed by atoms with E-state index in [0.717, 1.165) is 10.6 Å². The summed E-state index contributed by atoms with van der Waals surface area (Å²) >= 11 is 1.53. The minimum absolute atomic E-state index is 0.0827. The number of nitrogens with one attached hydrogen (secondary N) is 1. The van der Waals surface area contributed by atoms with Gasteiger partial charge in [-0.1, -0.05) is 54.2 Å². The second kappa shape index (κ2) is 4.84. The minimum Gasteiger partial charge on any atom is -0.320 e. The normalized spacial score (nSPS) is 18.7. The number of carbonyl (C=O) groups is 1. The van der Waals surface area contributed by atoms with E-state index < -0.39 is 0 Å². The zero-order valence-corrected chi connectivity index (χ0v) is 8.96. The molecule has 0 atom stereocenters. The third-order valence-electron chi connectivity index (χ3n) is 1.96. The highest BCUT2D eigenvalue weighted by Crippen LogP contribution is 2.18. The van der Waals surface area contributed by atoms with Gasteiger partial charge in [0.05, 0.1) is 10.8 Å². The molecule has 1 aromatic carbocycles. The van der Waals surface area contributed by atoms with Crippen molar-refractivity contribution in [2.45, 2.75) is 0 Å². The Balaban J connectivity index is 1.98. The summed E-state index contributed by atoms with van der Waals surface area (Å²) in [6.07, 6.45) is 5.88. The summed E-state index contributed by atoms with van der Waals surface area (Å²) < 4.78 is 0. The Labute approximate surface area is 93.1 Å². The van der Waals surface area contributed by atoms with Crippen LogP contribution in [0, 0.1) is 0 Å². The molecule has 1 aromatic rings. The van der Waals surface area contributed by atoms with E-state index in [2.05, 4.69) is 5.32 Å². The monoisotopic (exact) mass is 217 g/mol. The van der Waals surface area contributed by atoms with Crippen molar-refractivity contribution in [1.29, 1.82) is 0 Å². The van der Waals surface area contributed by atoms with Gasteiger partial charge in [0.2, 0.25) is 5.91 Å². The summed E-state index contributed by atoms with van der Waals surface area (Å²) in [5.74, 6) is 0.615. The molecule has 76 valence electrons. The van der Waals surface area contributed by atoms with Crippen LogP contribution in [0.1, 0.15) is 5.56 Å². The second-order valence-corrected chi connectivity index (χ2v) is 4.15. The largest absolute Gasteiger partial charge is 0.320 e. The standard InChI is InChI=1S/C12H11NOS/c14-11-9-15-12(13-11)8-4-7-10-5-2-1-3-6-10/h1-8H,9H2,(H,13,14). The summed E-state index contributed by atoms with van der Waals surface area (Å²) in [4.78, 5) is 10.9. The van der Waals surface area contributed by atoms with Crippen LogP contribution in [0.25, 0.3) is 6.08 Å². The van der Waals surface area contributed by atoms with Gasteiger partial charge in [-0.3, -0.25) is 4.79 Å². The Hall–Kier alpha value is -1.48. The smallest absolute Gasteiger partial charge is 0.235 e. The third kappa shape index (κ3) is 2.99. The maximum atomic E-state index is 10.9. The predicted octanol–water partition coefficient (Wildman–Crippen LogP) is 2.40. The van der Waals surface area contributed by atoms with E-state index in [9.17, 15) is 4.79 Å². The molecule has 1 aliphatic heterocycles. The molecule has 3 heteroatoms. The summed E-state index contributed by atoms with van der Waals surface area (Å²) in [5, 5.41) is 3.70. The Morgan fingerprint density at radius 3 is 2.73 bits per heavy atom. The Morgan fingerprint density at radius 1 is 1.27 bits per heavy atom. The lowest BCUT2D eigenvalue weighted by atomic mass is 10.2. The molecule has 1 aliphatic rings. The van der Waals surface area contributed by atoms with Gasteiger partial charge in [-0.15, -0.1) is 0 Å². The first-order valence-electron chi connectivity index (χ1n) is 4.71. The van der Waals surface area contributed by atoms with Crippen molar-refractivity contribution in [3.05, 3.63) is 53.1 Å². The molecule has 15 heavy (non-hydrogen) atoms. The van der Waals surface area contributed by atoms with Gasteiger partial charge in [0, 0.05) is 0 Å². The van der Waals surface area contributed by atoms with Crippen LogP contribution in [0.15, 0.2) is 47.5 Å². The summed E-state index contributed by atoms with van der Waals surface area (Å²) in [6, 6.07) is 10.1. The number of thioether (sulfide) groups is 1. The van der Waals surface area contributed by atoms with Gasteiger partial charge >= 0.3 is 0 Å². The molecule has 0 bridgehead atoms. The van der Waals surface area contributed by atoms with Gasteiger partial charge in [0.15, 0.2) is 0 Å². The van der Waals surface area contributed by atoms with Crippen LogP contribution in [0.3, 0.4) is 0 Å². The molecule has 1 N–H and O–H groups in total. The zero-order valence-electron chi connectivity index (χ0n) is 8.14. The van der Waals surface area contributed by atoms with Crippen molar-refractivity contribution in [1.82, 2.24) is 5.32 Å². The van der Waals surface area contributed by atoms with Crippen molar-refractivity contribution in [2.24, 2.45) is 0 Å². The zero-order chi connectivity index (χ0) is 10.5. The van der Waals surface area contributed by atoms with Crippen LogP contribution in [0.2, 0.25) is 0 Å². The van der Waals surface area contributed by atoms with E-state index in [1.807, 2.05) is 48.6 Å². The molecule has 2 nitrogen and oxygen atoms in total. The maximum Gasteiger partial charge on any atom is 0.235 e. The van der Waals surface area contributed by atoms with Crippen LogP contribution < -0.4 is 5.32 Å². The summed E-state index contributed by atoms with van der Waals surface area (Å²) in [5.41, 5.74) is 1.16.